The SMILES string of the molecule is CC[C@H]1c2ccsc2CCN1CC(=O)NCc1cccc(Cl)c1. The van der Waals surface area contributed by atoms with Gasteiger partial charge in [0, 0.05) is 29.0 Å². The summed E-state index contributed by atoms with van der Waals surface area (Å²) in [5.41, 5.74) is 2.43. The van der Waals surface area contributed by atoms with Gasteiger partial charge in [-0.2, -0.15) is 0 Å². The molecule has 0 fully saturated rings. The maximum atomic E-state index is 12.3. The maximum absolute atomic E-state index is 12.3. The molecule has 0 aliphatic carbocycles. The maximum Gasteiger partial charge on any atom is 0.234 e. The molecule has 2 heterocycles. The molecule has 1 aliphatic heterocycles. The summed E-state index contributed by atoms with van der Waals surface area (Å²) in [6, 6.07) is 10.2. The average Bonchev–Trinajstić information content (AvgIpc) is 3.01. The van der Waals surface area contributed by atoms with Crippen molar-refractivity contribution in [1.29, 1.82) is 0 Å². The van der Waals surface area contributed by atoms with Crippen LogP contribution in [0.1, 0.15) is 35.4 Å². The Kier molecular flexibility index (Phi) is 5.36. The van der Waals surface area contributed by atoms with Crippen LogP contribution >= 0.6 is 22.9 Å². The Labute approximate surface area is 146 Å². The van der Waals surface area contributed by atoms with Crippen LogP contribution in [-0.4, -0.2) is 23.9 Å². The fraction of sp³-hybridized carbons (Fsp3) is 0.389. The van der Waals surface area contributed by atoms with E-state index in [2.05, 4.69) is 28.6 Å². The van der Waals surface area contributed by atoms with Gasteiger partial charge in [0.1, 0.15) is 0 Å². The first kappa shape index (κ1) is 16.5. The van der Waals surface area contributed by atoms with Gasteiger partial charge in [-0.1, -0.05) is 30.7 Å². The summed E-state index contributed by atoms with van der Waals surface area (Å²) >= 11 is 7.81. The zero-order valence-corrected chi connectivity index (χ0v) is 14.8. The number of fused-ring (bicyclic) bond motifs is 1. The van der Waals surface area contributed by atoms with E-state index in [1.165, 1.54) is 10.4 Å². The standard InChI is InChI=1S/C18H21ClN2OS/c1-2-16-15-7-9-23-17(15)6-8-21(16)12-18(22)20-11-13-4-3-5-14(19)10-13/h3-5,7,9-10,16H,2,6,8,11-12H2,1H3,(H,20,22)/t16-/m0/s1. The first-order chi connectivity index (χ1) is 11.2. The van der Waals surface area contributed by atoms with Crippen molar-refractivity contribution in [2.75, 3.05) is 13.1 Å². The number of halogens is 1. The molecule has 2 aromatic rings. The summed E-state index contributed by atoms with van der Waals surface area (Å²) in [6.07, 6.45) is 2.08. The molecular weight excluding hydrogens is 328 g/mol. The first-order valence-corrected chi connectivity index (χ1v) is 9.24. The van der Waals surface area contributed by atoms with E-state index in [1.54, 1.807) is 0 Å². The molecule has 0 bridgehead atoms. The molecule has 1 aliphatic rings. The normalized spacial score (nSPS) is 17.7. The van der Waals surface area contributed by atoms with Crippen molar-refractivity contribution in [3.63, 3.8) is 0 Å². The number of nitrogens with one attached hydrogen (secondary N) is 1. The van der Waals surface area contributed by atoms with Gasteiger partial charge in [0.2, 0.25) is 5.91 Å². The Hall–Kier alpha value is -1.36. The molecule has 3 rings (SSSR count). The number of rotatable bonds is 5. The summed E-state index contributed by atoms with van der Waals surface area (Å²) < 4.78 is 0. The summed E-state index contributed by atoms with van der Waals surface area (Å²) in [5.74, 6) is 0.0714. The lowest BCUT2D eigenvalue weighted by Gasteiger charge is -2.34. The topological polar surface area (TPSA) is 32.3 Å². The van der Waals surface area contributed by atoms with Gasteiger partial charge in [0.15, 0.2) is 0 Å². The predicted molar refractivity (Wildman–Crippen MR) is 95.9 cm³/mol. The van der Waals surface area contributed by atoms with E-state index in [0.717, 1.165) is 24.9 Å². The van der Waals surface area contributed by atoms with Gasteiger partial charge in [-0.05, 0) is 47.5 Å². The minimum absolute atomic E-state index is 0.0714. The van der Waals surface area contributed by atoms with Gasteiger partial charge in [0.05, 0.1) is 6.54 Å². The Bertz CT molecular complexity index is 685. The fourth-order valence-corrected chi connectivity index (χ4v) is 4.34. The molecule has 0 radical (unpaired) electrons. The highest BCUT2D eigenvalue weighted by molar-refractivity contribution is 7.10. The molecule has 1 N–H and O–H groups in total. The molecule has 122 valence electrons. The van der Waals surface area contributed by atoms with Crippen LogP contribution in [0, 0.1) is 0 Å². The number of amides is 1. The van der Waals surface area contributed by atoms with Crippen LogP contribution in [0.2, 0.25) is 5.02 Å². The van der Waals surface area contributed by atoms with E-state index in [-0.39, 0.29) is 5.91 Å². The zero-order chi connectivity index (χ0) is 16.2. The lowest BCUT2D eigenvalue weighted by atomic mass is 9.98. The minimum atomic E-state index is 0.0714. The third kappa shape index (κ3) is 3.94. The second kappa shape index (κ2) is 7.47. The number of hydrogen-bond acceptors (Lipinski definition) is 3. The number of carbonyl (C=O) groups is 1. The highest BCUT2D eigenvalue weighted by atomic mass is 35.5. The molecule has 1 atom stereocenters. The summed E-state index contributed by atoms with van der Waals surface area (Å²) in [6.45, 7) is 4.12. The van der Waals surface area contributed by atoms with Crippen LogP contribution in [0.25, 0.3) is 0 Å². The molecule has 0 spiro atoms. The van der Waals surface area contributed by atoms with E-state index in [9.17, 15) is 4.79 Å². The van der Waals surface area contributed by atoms with Crippen molar-refractivity contribution in [3.05, 3.63) is 56.7 Å². The second-order valence-electron chi connectivity index (χ2n) is 5.85. The Balaban J connectivity index is 1.57. The highest BCUT2D eigenvalue weighted by Crippen LogP contribution is 2.34. The number of nitrogens with zero attached hydrogens (tertiary/aromatic N) is 1. The number of carbonyl (C=O) groups excluding carboxylic acids is 1. The van der Waals surface area contributed by atoms with Crippen LogP contribution < -0.4 is 5.32 Å². The Morgan fingerprint density at radius 2 is 2.30 bits per heavy atom. The lowest BCUT2D eigenvalue weighted by Crippen LogP contribution is -2.42. The summed E-state index contributed by atoms with van der Waals surface area (Å²) in [5, 5.41) is 5.86. The zero-order valence-electron chi connectivity index (χ0n) is 13.2. The summed E-state index contributed by atoms with van der Waals surface area (Å²) in [7, 11) is 0. The van der Waals surface area contributed by atoms with Crippen molar-refractivity contribution in [2.45, 2.75) is 32.4 Å². The molecule has 1 aromatic carbocycles. The van der Waals surface area contributed by atoms with Crippen LogP contribution in [-0.2, 0) is 17.8 Å². The monoisotopic (exact) mass is 348 g/mol. The molecule has 1 amide bonds. The third-order valence-electron chi connectivity index (χ3n) is 4.32. The molecule has 0 unspecified atom stereocenters. The minimum Gasteiger partial charge on any atom is -0.351 e. The van der Waals surface area contributed by atoms with E-state index in [4.69, 9.17) is 11.6 Å². The van der Waals surface area contributed by atoms with Gasteiger partial charge < -0.3 is 5.32 Å². The van der Waals surface area contributed by atoms with E-state index >= 15 is 0 Å². The molecule has 5 heteroatoms. The highest BCUT2D eigenvalue weighted by Gasteiger charge is 2.27. The van der Waals surface area contributed by atoms with Gasteiger partial charge in [-0.3, -0.25) is 9.69 Å². The van der Waals surface area contributed by atoms with Gasteiger partial charge in [0.25, 0.3) is 0 Å². The molecule has 1 aromatic heterocycles. The van der Waals surface area contributed by atoms with E-state index < -0.39 is 0 Å². The van der Waals surface area contributed by atoms with Gasteiger partial charge in [-0.15, -0.1) is 11.3 Å². The average molecular weight is 349 g/mol. The van der Waals surface area contributed by atoms with Crippen LogP contribution in [0.5, 0.6) is 0 Å². The smallest absolute Gasteiger partial charge is 0.234 e. The van der Waals surface area contributed by atoms with Crippen molar-refractivity contribution in [1.82, 2.24) is 10.2 Å². The quantitative estimate of drug-likeness (QED) is 0.884. The molecule has 23 heavy (non-hydrogen) atoms. The Morgan fingerprint density at radius 3 is 3.09 bits per heavy atom. The van der Waals surface area contributed by atoms with Crippen LogP contribution in [0.4, 0.5) is 0 Å². The summed E-state index contributed by atoms with van der Waals surface area (Å²) in [4.78, 5) is 16.1. The largest absolute Gasteiger partial charge is 0.351 e. The molecule has 3 nitrogen and oxygen atoms in total. The number of thiophene rings is 1. The van der Waals surface area contributed by atoms with Crippen molar-refractivity contribution < 1.29 is 4.79 Å². The van der Waals surface area contributed by atoms with Crippen molar-refractivity contribution >= 4 is 28.8 Å². The Morgan fingerprint density at radius 1 is 1.43 bits per heavy atom. The number of hydrogen-bond donors (Lipinski definition) is 1. The fourth-order valence-electron chi connectivity index (χ4n) is 3.20. The molecule has 0 saturated carbocycles. The van der Waals surface area contributed by atoms with Gasteiger partial charge >= 0.3 is 0 Å². The lowest BCUT2D eigenvalue weighted by molar-refractivity contribution is -0.123. The molecular formula is C18H21ClN2OS. The van der Waals surface area contributed by atoms with E-state index in [1.807, 2.05) is 35.6 Å². The van der Waals surface area contributed by atoms with E-state index in [0.29, 0.717) is 24.2 Å². The van der Waals surface area contributed by atoms with Crippen LogP contribution in [0.15, 0.2) is 35.7 Å². The third-order valence-corrected chi connectivity index (χ3v) is 5.55. The second-order valence-corrected chi connectivity index (χ2v) is 7.29. The van der Waals surface area contributed by atoms with Crippen molar-refractivity contribution in [2.24, 2.45) is 0 Å². The number of benzene rings is 1. The predicted octanol–water partition coefficient (Wildman–Crippen LogP) is 4.03. The first-order valence-electron chi connectivity index (χ1n) is 7.99. The van der Waals surface area contributed by atoms with Gasteiger partial charge in [-0.25, -0.2) is 0 Å². The van der Waals surface area contributed by atoms with Crippen LogP contribution in [0.3, 0.4) is 0 Å². The molecule has 0 saturated heterocycles. The van der Waals surface area contributed by atoms with Crippen molar-refractivity contribution in [3.8, 4) is 0 Å².